The molecule has 0 saturated heterocycles. The van der Waals surface area contributed by atoms with Gasteiger partial charge in [-0.15, -0.1) is 0 Å². The Kier molecular flexibility index (Phi) is 3.73. The third kappa shape index (κ3) is 2.43. The maximum Gasteiger partial charge on any atom is 0.0746 e. The Hall–Kier alpha value is -1.82. The number of hydrogen-bond donors (Lipinski definition) is 2. The molecule has 0 bridgehead atoms. The van der Waals surface area contributed by atoms with E-state index in [4.69, 9.17) is 5.84 Å². The third-order valence-corrected chi connectivity index (χ3v) is 3.67. The van der Waals surface area contributed by atoms with E-state index in [1.807, 2.05) is 36.7 Å². The molecule has 0 spiro atoms. The van der Waals surface area contributed by atoms with Crippen LogP contribution in [0.1, 0.15) is 17.2 Å². The van der Waals surface area contributed by atoms with Crippen LogP contribution in [0.2, 0.25) is 0 Å². The molecule has 1 atom stereocenters. The molecule has 3 rings (SSSR count). The first-order valence-electron chi connectivity index (χ1n) is 6.19. The molecule has 20 heavy (non-hydrogen) atoms. The summed E-state index contributed by atoms with van der Waals surface area (Å²) >= 11 is 3.44. The van der Waals surface area contributed by atoms with E-state index in [1.165, 1.54) is 0 Å². The molecule has 0 aliphatic carbocycles. The van der Waals surface area contributed by atoms with Crippen molar-refractivity contribution in [2.75, 3.05) is 0 Å². The number of benzene rings is 1. The van der Waals surface area contributed by atoms with Crippen LogP contribution < -0.4 is 11.3 Å². The van der Waals surface area contributed by atoms with Gasteiger partial charge in [0, 0.05) is 40.2 Å². The molecule has 0 fully saturated rings. The minimum Gasteiger partial charge on any atom is -0.271 e. The van der Waals surface area contributed by atoms with Gasteiger partial charge in [0.25, 0.3) is 0 Å². The van der Waals surface area contributed by atoms with Gasteiger partial charge in [-0.2, -0.15) is 0 Å². The Morgan fingerprint density at radius 1 is 1.05 bits per heavy atom. The summed E-state index contributed by atoms with van der Waals surface area (Å²) in [4.78, 5) is 8.50. The number of nitrogens with zero attached hydrogens (tertiary/aromatic N) is 2. The number of halogens is 1. The largest absolute Gasteiger partial charge is 0.271 e. The molecule has 2 heterocycles. The fourth-order valence-corrected chi connectivity index (χ4v) is 2.70. The Morgan fingerprint density at radius 3 is 2.65 bits per heavy atom. The monoisotopic (exact) mass is 328 g/mol. The van der Waals surface area contributed by atoms with Crippen LogP contribution in [0.25, 0.3) is 10.8 Å². The summed E-state index contributed by atoms with van der Waals surface area (Å²) in [6.07, 6.45) is 7.24. The predicted molar refractivity (Wildman–Crippen MR) is 82.8 cm³/mol. The Labute approximate surface area is 125 Å². The fourth-order valence-electron chi connectivity index (χ4n) is 2.32. The molecule has 0 aliphatic heterocycles. The van der Waals surface area contributed by atoms with Crippen molar-refractivity contribution in [3.8, 4) is 0 Å². The molecule has 0 saturated carbocycles. The highest BCUT2D eigenvalue weighted by molar-refractivity contribution is 9.10. The van der Waals surface area contributed by atoms with Gasteiger partial charge in [-0.05, 0) is 32.9 Å². The second-order valence-corrected chi connectivity index (χ2v) is 5.40. The summed E-state index contributed by atoms with van der Waals surface area (Å²) in [5.41, 5.74) is 4.87. The first-order valence-corrected chi connectivity index (χ1v) is 6.98. The van der Waals surface area contributed by atoms with Gasteiger partial charge >= 0.3 is 0 Å². The maximum atomic E-state index is 5.76. The molecule has 5 heteroatoms. The van der Waals surface area contributed by atoms with E-state index < -0.39 is 0 Å². The molecule has 4 nitrogen and oxygen atoms in total. The number of pyridine rings is 2. The number of hydrogen-bond acceptors (Lipinski definition) is 4. The van der Waals surface area contributed by atoms with Crippen LogP contribution >= 0.6 is 15.9 Å². The number of hydrazine groups is 1. The van der Waals surface area contributed by atoms with Gasteiger partial charge in [0.2, 0.25) is 0 Å². The molecule has 1 aromatic carbocycles. The van der Waals surface area contributed by atoms with Gasteiger partial charge < -0.3 is 0 Å². The van der Waals surface area contributed by atoms with E-state index in [9.17, 15) is 0 Å². The standard InChI is InChI=1S/C15H13BrN4/c16-12-5-11(7-18-8-12)15(20-17)14-9-19-6-10-3-1-2-4-13(10)14/h1-9,15,20H,17H2. The molecular formula is C15H13BrN4. The first-order chi connectivity index (χ1) is 9.79. The summed E-state index contributed by atoms with van der Waals surface area (Å²) in [6.45, 7) is 0. The Bertz CT molecular complexity index is 739. The van der Waals surface area contributed by atoms with E-state index in [0.29, 0.717) is 0 Å². The Morgan fingerprint density at radius 2 is 1.85 bits per heavy atom. The molecule has 100 valence electrons. The lowest BCUT2D eigenvalue weighted by Gasteiger charge is -2.18. The summed E-state index contributed by atoms with van der Waals surface area (Å²) in [6, 6.07) is 9.97. The van der Waals surface area contributed by atoms with Crippen molar-refractivity contribution in [2.45, 2.75) is 6.04 Å². The zero-order valence-corrected chi connectivity index (χ0v) is 12.2. The molecule has 2 aromatic heterocycles. The highest BCUT2D eigenvalue weighted by Crippen LogP contribution is 2.28. The quantitative estimate of drug-likeness (QED) is 0.573. The number of aromatic nitrogens is 2. The van der Waals surface area contributed by atoms with Crippen LogP contribution in [0.4, 0.5) is 0 Å². The van der Waals surface area contributed by atoms with Gasteiger partial charge in [-0.25, -0.2) is 5.43 Å². The molecule has 0 amide bonds. The molecule has 3 aromatic rings. The smallest absolute Gasteiger partial charge is 0.0746 e. The van der Waals surface area contributed by atoms with Crippen LogP contribution in [0.3, 0.4) is 0 Å². The highest BCUT2D eigenvalue weighted by Gasteiger charge is 2.16. The summed E-state index contributed by atoms with van der Waals surface area (Å²) in [5.74, 6) is 5.76. The van der Waals surface area contributed by atoms with Crippen molar-refractivity contribution in [1.29, 1.82) is 0 Å². The van der Waals surface area contributed by atoms with Gasteiger partial charge in [0.1, 0.15) is 0 Å². The van der Waals surface area contributed by atoms with Gasteiger partial charge in [-0.3, -0.25) is 15.8 Å². The lowest BCUT2D eigenvalue weighted by atomic mass is 9.97. The van der Waals surface area contributed by atoms with Gasteiger partial charge in [0.05, 0.1) is 6.04 Å². The average Bonchev–Trinajstić information content (AvgIpc) is 2.48. The molecule has 1 unspecified atom stereocenters. The lowest BCUT2D eigenvalue weighted by Crippen LogP contribution is -2.29. The van der Waals surface area contributed by atoms with Crippen molar-refractivity contribution in [2.24, 2.45) is 5.84 Å². The van der Waals surface area contributed by atoms with E-state index in [2.05, 4.69) is 37.4 Å². The minimum atomic E-state index is -0.154. The first kappa shape index (κ1) is 13.2. The second-order valence-electron chi connectivity index (χ2n) is 4.49. The van der Waals surface area contributed by atoms with Crippen molar-refractivity contribution < 1.29 is 0 Å². The van der Waals surface area contributed by atoms with Crippen LogP contribution in [0.5, 0.6) is 0 Å². The topological polar surface area (TPSA) is 63.8 Å². The maximum absolute atomic E-state index is 5.76. The summed E-state index contributed by atoms with van der Waals surface area (Å²) in [5, 5.41) is 2.22. The van der Waals surface area contributed by atoms with E-state index in [-0.39, 0.29) is 6.04 Å². The highest BCUT2D eigenvalue weighted by atomic mass is 79.9. The van der Waals surface area contributed by atoms with Crippen molar-refractivity contribution in [3.63, 3.8) is 0 Å². The Balaban J connectivity index is 2.17. The van der Waals surface area contributed by atoms with Crippen molar-refractivity contribution >= 4 is 26.7 Å². The lowest BCUT2D eigenvalue weighted by molar-refractivity contribution is 0.636. The molecule has 0 radical (unpaired) electrons. The van der Waals surface area contributed by atoms with Crippen molar-refractivity contribution in [1.82, 2.24) is 15.4 Å². The summed E-state index contributed by atoms with van der Waals surface area (Å²) in [7, 11) is 0. The van der Waals surface area contributed by atoms with Crippen molar-refractivity contribution in [3.05, 3.63) is 70.7 Å². The fraction of sp³-hybridized carbons (Fsp3) is 0.0667. The average molecular weight is 329 g/mol. The minimum absolute atomic E-state index is 0.154. The molecule has 0 aliphatic rings. The van der Waals surface area contributed by atoms with Crippen LogP contribution in [0.15, 0.2) is 59.6 Å². The molecule has 3 N–H and O–H groups in total. The zero-order chi connectivity index (χ0) is 13.9. The summed E-state index contributed by atoms with van der Waals surface area (Å²) < 4.78 is 0.920. The number of nitrogens with two attached hydrogens (primary N) is 1. The van der Waals surface area contributed by atoms with Gasteiger partial charge in [0.15, 0.2) is 0 Å². The van der Waals surface area contributed by atoms with E-state index in [0.717, 1.165) is 26.4 Å². The number of rotatable bonds is 3. The molecular weight excluding hydrogens is 316 g/mol. The number of fused-ring (bicyclic) bond motifs is 1. The second kappa shape index (κ2) is 5.66. The van der Waals surface area contributed by atoms with E-state index in [1.54, 1.807) is 12.4 Å². The predicted octanol–water partition coefficient (Wildman–Crippen LogP) is 2.95. The zero-order valence-electron chi connectivity index (χ0n) is 10.6. The third-order valence-electron chi connectivity index (χ3n) is 3.24. The SMILES string of the molecule is NNC(c1cncc(Br)c1)c1cncc2ccccc12. The van der Waals surface area contributed by atoms with Crippen LogP contribution in [-0.2, 0) is 0 Å². The van der Waals surface area contributed by atoms with Crippen LogP contribution in [0, 0.1) is 0 Å². The number of nitrogens with one attached hydrogen (secondary N) is 1. The normalized spacial score (nSPS) is 12.5. The van der Waals surface area contributed by atoms with Gasteiger partial charge in [-0.1, -0.05) is 24.3 Å². The van der Waals surface area contributed by atoms with Crippen LogP contribution in [-0.4, -0.2) is 9.97 Å². The van der Waals surface area contributed by atoms with E-state index >= 15 is 0 Å².